The molecule has 0 radical (unpaired) electrons. The van der Waals surface area contributed by atoms with E-state index in [2.05, 4.69) is 21.2 Å². The minimum Gasteiger partial charge on any atom is -0.333 e. The summed E-state index contributed by atoms with van der Waals surface area (Å²) in [4.78, 5) is 24.6. The van der Waals surface area contributed by atoms with Crippen molar-refractivity contribution in [2.45, 2.75) is 12.8 Å². The zero-order valence-corrected chi connectivity index (χ0v) is 11.2. The van der Waals surface area contributed by atoms with Crippen LogP contribution in [0.1, 0.15) is 12.8 Å². The highest BCUT2D eigenvalue weighted by Gasteiger charge is 2.22. The molecule has 1 heterocycles. The van der Waals surface area contributed by atoms with Gasteiger partial charge in [0.15, 0.2) is 0 Å². The van der Waals surface area contributed by atoms with Crippen LogP contribution in [0.2, 0.25) is 0 Å². The topological polar surface area (TPSA) is 49.4 Å². The summed E-state index contributed by atoms with van der Waals surface area (Å²) in [5, 5.41) is 2.63. The van der Waals surface area contributed by atoms with Gasteiger partial charge in [0, 0.05) is 18.7 Å². The molecule has 1 aromatic rings. The molecule has 1 saturated heterocycles. The molecule has 1 fully saturated rings. The standard InChI is InChI=1S/C12H12BrFN2O2/c13-9-6-8(3-4-10(9)14)15-11(17)7-16-5-1-2-12(16)18/h3-4,6H,1-2,5,7H2,(H,15,17). The largest absolute Gasteiger partial charge is 0.333 e. The molecule has 18 heavy (non-hydrogen) atoms. The molecule has 1 aliphatic rings. The van der Waals surface area contributed by atoms with Crippen LogP contribution in [0.5, 0.6) is 0 Å². The van der Waals surface area contributed by atoms with E-state index in [1.165, 1.54) is 23.1 Å². The maximum atomic E-state index is 13.0. The number of anilines is 1. The monoisotopic (exact) mass is 314 g/mol. The number of benzene rings is 1. The van der Waals surface area contributed by atoms with Crippen molar-refractivity contribution in [3.8, 4) is 0 Å². The fraction of sp³-hybridized carbons (Fsp3) is 0.333. The molecule has 4 nitrogen and oxygen atoms in total. The molecule has 0 spiro atoms. The second-order valence-corrected chi connectivity index (χ2v) is 4.95. The molecular formula is C12H12BrFN2O2. The lowest BCUT2D eigenvalue weighted by atomic mass is 10.3. The maximum Gasteiger partial charge on any atom is 0.243 e. The van der Waals surface area contributed by atoms with Crippen molar-refractivity contribution in [2.75, 3.05) is 18.4 Å². The van der Waals surface area contributed by atoms with Crippen LogP contribution in [0, 0.1) is 5.82 Å². The predicted octanol–water partition coefficient (Wildman–Crippen LogP) is 2.15. The molecule has 0 unspecified atom stereocenters. The van der Waals surface area contributed by atoms with Crippen molar-refractivity contribution in [3.05, 3.63) is 28.5 Å². The van der Waals surface area contributed by atoms with Gasteiger partial charge < -0.3 is 10.2 Å². The number of hydrogen-bond donors (Lipinski definition) is 1. The van der Waals surface area contributed by atoms with Gasteiger partial charge in [-0.3, -0.25) is 9.59 Å². The normalized spacial score (nSPS) is 15.0. The van der Waals surface area contributed by atoms with Crippen molar-refractivity contribution < 1.29 is 14.0 Å². The first-order chi connectivity index (χ1) is 8.56. The molecule has 0 aliphatic carbocycles. The third-order valence-electron chi connectivity index (χ3n) is 2.71. The number of nitrogens with zero attached hydrogens (tertiary/aromatic N) is 1. The number of carbonyl (C=O) groups is 2. The second-order valence-electron chi connectivity index (χ2n) is 4.10. The predicted molar refractivity (Wildman–Crippen MR) is 68.5 cm³/mol. The van der Waals surface area contributed by atoms with Gasteiger partial charge in [0.1, 0.15) is 5.82 Å². The number of amides is 2. The van der Waals surface area contributed by atoms with Crippen LogP contribution in [-0.4, -0.2) is 29.8 Å². The van der Waals surface area contributed by atoms with E-state index >= 15 is 0 Å². The molecule has 1 aliphatic heterocycles. The van der Waals surface area contributed by atoms with Gasteiger partial charge in [-0.1, -0.05) is 0 Å². The molecule has 0 saturated carbocycles. The van der Waals surface area contributed by atoms with Gasteiger partial charge >= 0.3 is 0 Å². The molecule has 96 valence electrons. The molecule has 0 bridgehead atoms. The van der Waals surface area contributed by atoms with Gasteiger partial charge in [0.2, 0.25) is 11.8 Å². The first kappa shape index (κ1) is 13.0. The number of hydrogen-bond acceptors (Lipinski definition) is 2. The Morgan fingerprint density at radius 1 is 1.50 bits per heavy atom. The zero-order valence-electron chi connectivity index (χ0n) is 9.58. The summed E-state index contributed by atoms with van der Waals surface area (Å²) in [5.74, 6) is -0.656. The molecule has 2 rings (SSSR count). The Morgan fingerprint density at radius 2 is 2.28 bits per heavy atom. The number of likely N-dealkylation sites (tertiary alicyclic amines) is 1. The first-order valence-electron chi connectivity index (χ1n) is 5.59. The average molecular weight is 315 g/mol. The van der Waals surface area contributed by atoms with E-state index in [9.17, 15) is 14.0 Å². The highest BCUT2D eigenvalue weighted by atomic mass is 79.9. The van der Waals surface area contributed by atoms with Gasteiger partial charge in [-0.25, -0.2) is 4.39 Å². The quantitative estimate of drug-likeness (QED) is 0.929. The van der Waals surface area contributed by atoms with Crippen LogP contribution >= 0.6 is 15.9 Å². The molecule has 2 amide bonds. The molecule has 6 heteroatoms. The van der Waals surface area contributed by atoms with Crippen molar-refractivity contribution in [2.24, 2.45) is 0 Å². The molecule has 1 N–H and O–H groups in total. The molecule has 0 aromatic heterocycles. The SMILES string of the molecule is O=C(CN1CCCC1=O)Nc1ccc(F)c(Br)c1. The fourth-order valence-corrected chi connectivity index (χ4v) is 2.20. The molecular weight excluding hydrogens is 303 g/mol. The van der Waals surface area contributed by atoms with Crippen LogP contribution in [0.3, 0.4) is 0 Å². The van der Waals surface area contributed by atoms with Crippen molar-refractivity contribution in [3.63, 3.8) is 0 Å². The third kappa shape index (κ3) is 3.07. The Morgan fingerprint density at radius 3 is 2.89 bits per heavy atom. The van der Waals surface area contributed by atoms with Crippen molar-refractivity contribution in [1.29, 1.82) is 0 Å². The maximum absolute atomic E-state index is 13.0. The number of rotatable bonds is 3. The van der Waals surface area contributed by atoms with E-state index in [4.69, 9.17) is 0 Å². The van der Waals surface area contributed by atoms with Crippen LogP contribution in [0.25, 0.3) is 0 Å². The van der Waals surface area contributed by atoms with Gasteiger partial charge in [0.25, 0.3) is 0 Å². The smallest absolute Gasteiger partial charge is 0.243 e. The highest BCUT2D eigenvalue weighted by Crippen LogP contribution is 2.20. The van der Waals surface area contributed by atoms with Crippen molar-refractivity contribution in [1.82, 2.24) is 4.90 Å². The number of nitrogens with one attached hydrogen (secondary N) is 1. The first-order valence-corrected chi connectivity index (χ1v) is 6.38. The summed E-state index contributed by atoms with van der Waals surface area (Å²) in [7, 11) is 0. The number of halogens is 2. The Bertz CT molecular complexity index is 493. The summed E-state index contributed by atoms with van der Waals surface area (Å²) in [6.45, 7) is 0.674. The summed E-state index contributed by atoms with van der Waals surface area (Å²) in [5.41, 5.74) is 0.500. The van der Waals surface area contributed by atoms with Crippen LogP contribution in [0.4, 0.5) is 10.1 Å². The number of carbonyl (C=O) groups excluding carboxylic acids is 2. The Labute approximate surface area is 112 Å². The lowest BCUT2D eigenvalue weighted by Crippen LogP contribution is -2.33. The highest BCUT2D eigenvalue weighted by molar-refractivity contribution is 9.10. The Balaban J connectivity index is 1.94. The Hall–Kier alpha value is -1.43. The molecule has 1 aromatic carbocycles. The van der Waals surface area contributed by atoms with Crippen molar-refractivity contribution >= 4 is 33.4 Å². The summed E-state index contributed by atoms with van der Waals surface area (Å²) < 4.78 is 13.3. The zero-order chi connectivity index (χ0) is 13.1. The Kier molecular flexibility index (Phi) is 3.96. The van der Waals surface area contributed by atoms with Gasteiger partial charge in [-0.2, -0.15) is 0 Å². The minimum absolute atomic E-state index is 0.00503. The van der Waals surface area contributed by atoms with E-state index in [0.29, 0.717) is 18.7 Å². The van der Waals surface area contributed by atoms with Gasteiger partial charge in [0.05, 0.1) is 11.0 Å². The van der Waals surface area contributed by atoms with Gasteiger partial charge in [-0.05, 0) is 40.5 Å². The van der Waals surface area contributed by atoms with E-state index in [1.54, 1.807) is 0 Å². The minimum atomic E-state index is -0.386. The van der Waals surface area contributed by atoms with Crippen LogP contribution in [-0.2, 0) is 9.59 Å². The van der Waals surface area contributed by atoms with E-state index in [0.717, 1.165) is 6.42 Å². The van der Waals surface area contributed by atoms with E-state index in [1.807, 2.05) is 0 Å². The summed E-state index contributed by atoms with van der Waals surface area (Å²) in [6.07, 6.45) is 1.31. The van der Waals surface area contributed by atoms with E-state index in [-0.39, 0.29) is 28.6 Å². The average Bonchev–Trinajstić information content (AvgIpc) is 2.70. The summed E-state index contributed by atoms with van der Waals surface area (Å²) >= 11 is 3.04. The molecule has 0 atom stereocenters. The lowest BCUT2D eigenvalue weighted by Gasteiger charge is -2.15. The fourth-order valence-electron chi connectivity index (χ4n) is 1.82. The summed E-state index contributed by atoms with van der Waals surface area (Å²) in [6, 6.07) is 4.23. The van der Waals surface area contributed by atoms with E-state index < -0.39 is 0 Å². The van der Waals surface area contributed by atoms with Gasteiger partial charge in [-0.15, -0.1) is 0 Å². The third-order valence-corrected chi connectivity index (χ3v) is 3.32. The van der Waals surface area contributed by atoms with Crippen LogP contribution in [0.15, 0.2) is 22.7 Å². The second kappa shape index (κ2) is 5.48. The van der Waals surface area contributed by atoms with Crippen LogP contribution < -0.4 is 5.32 Å². The lowest BCUT2D eigenvalue weighted by molar-refractivity contribution is -0.131.